The third kappa shape index (κ3) is 5.48. The molecule has 0 aliphatic carbocycles. The van der Waals surface area contributed by atoms with Crippen molar-refractivity contribution in [3.63, 3.8) is 0 Å². The lowest BCUT2D eigenvalue weighted by Crippen LogP contribution is -2.00. The molecule has 3 aromatic heterocycles. The first-order chi connectivity index (χ1) is 27.7. The maximum atomic E-state index is 5.17. The van der Waals surface area contributed by atoms with Gasteiger partial charge in [0.05, 0.1) is 11.0 Å². The van der Waals surface area contributed by atoms with Gasteiger partial charge in [-0.15, -0.1) is 11.3 Å². The number of rotatable bonds is 6. The van der Waals surface area contributed by atoms with Crippen LogP contribution in [-0.2, 0) is 0 Å². The molecule has 11 rings (SSSR count). The highest BCUT2D eigenvalue weighted by Gasteiger charge is 2.18. The molecule has 11 aromatic rings. The molecule has 0 saturated heterocycles. The van der Waals surface area contributed by atoms with Crippen molar-refractivity contribution in [2.75, 3.05) is 0 Å². The quantitative estimate of drug-likeness (QED) is 0.171. The van der Waals surface area contributed by atoms with Crippen LogP contribution in [0.1, 0.15) is 0 Å². The molecule has 0 fully saturated rings. The summed E-state index contributed by atoms with van der Waals surface area (Å²) in [6, 6.07) is 68.6. The summed E-state index contributed by atoms with van der Waals surface area (Å²) in [5.41, 5.74) is 11.1. The Morgan fingerprint density at radius 3 is 1.45 bits per heavy atom. The molecule has 0 unspecified atom stereocenters. The van der Waals surface area contributed by atoms with Crippen LogP contribution in [0.15, 0.2) is 194 Å². The van der Waals surface area contributed by atoms with E-state index in [0.717, 1.165) is 22.4 Å². The van der Waals surface area contributed by atoms with Crippen molar-refractivity contribution in [1.29, 1.82) is 0 Å². The number of nitrogens with zero attached hydrogens (tertiary/aromatic N) is 4. The van der Waals surface area contributed by atoms with Gasteiger partial charge in [-0.2, -0.15) is 0 Å². The molecule has 0 aliphatic heterocycles. The lowest BCUT2D eigenvalue weighted by atomic mass is 9.96. The Balaban J connectivity index is 1.07. The number of hydrogen-bond donors (Lipinski definition) is 0. The maximum Gasteiger partial charge on any atom is 0.164 e. The summed E-state index contributed by atoms with van der Waals surface area (Å²) in [7, 11) is 0. The second-order valence-corrected chi connectivity index (χ2v) is 15.1. The minimum atomic E-state index is 0.635. The molecule has 56 heavy (non-hydrogen) atoms. The molecule has 0 spiro atoms. The van der Waals surface area contributed by atoms with Gasteiger partial charge in [-0.25, -0.2) is 15.0 Å². The van der Waals surface area contributed by atoms with E-state index in [1.807, 2.05) is 29.5 Å². The third-order valence-corrected chi connectivity index (χ3v) is 11.9. The second kappa shape index (κ2) is 13.3. The smallest absolute Gasteiger partial charge is 0.164 e. The molecule has 0 aliphatic rings. The van der Waals surface area contributed by atoms with Gasteiger partial charge in [-0.1, -0.05) is 127 Å². The average molecular weight is 733 g/mol. The van der Waals surface area contributed by atoms with E-state index in [2.05, 4.69) is 180 Å². The summed E-state index contributed by atoms with van der Waals surface area (Å²) in [6.45, 7) is 0. The topological polar surface area (TPSA) is 43.6 Å². The van der Waals surface area contributed by atoms with Gasteiger partial charge in [0.1, 0.15) is 0 Å². The summed E-state index contributed by atoms with van der Waals surface area (Å²) in [6.07, 6.45) is 0. The first-order valence-electron chi connectivity index (χ1n) is 18.8. The zero-order valence-corrected chi connectivity index (χ0v) is 31.0. The number of fused-ring (bicyclic) bond motifs is 6. The molecule has 0 N–H and O–H groups in total. The number of benzene rings is 8. The molecule has 4 nitrogen and oxygen atoms in total. The normalized spacial score (nSPS) is 11.6. The van der Waals surface area contributed by atoms with Crippen LogP contribution in [0, 0.1) is 0 Å². The highest BCUT2D eigenvalue weighted by Crippen LogP contribution is 2.44. The van der Waals surface area contributed by atoms with E-state index >= 15 is 0 Å². The largest absolute Gasteiger partial charge is 0.309 e. The number of aromatic nitrogens is 4. The van der Waals surface area contributed by atoms with Gasteiger partial charge in [-0.3, -0.25) is 0 Å². The molecule has 262 valence electrons. The second-order valence-electron chi connectivity index (χ2n) is 14.0. The Morgan fingerprint density at radius 1 is 0.339 bits per heavy atom. The van der Waals surface area contributed by atoms with Crippen LogP contribution in [-0.4, -0.2) is 19.5 Å². The predicted octanol–water partition coefficient (Wildman–Crippen LogP) is 13.7. The standard InChI is InChI=1S/C51H32N4S/c1-4-14-33(15-5-1)38-31-42(34-16-6-2-7-17-34)48-44(32-38)43-30-37(26-29-47(43)56-48)51-53-49(35-18-8-3-9-19-35)52-50(54-51)36-24-27-39(28-25-36)55-45-22-12-10-20-40(45)41-21-11-13-23-46(41)55/h1-32H. The molecule has 0 radical (unpaired) electrons. The number of hydrogen-bond acceptors (Lipinski definition) is 4. The molecular weight excluding hydrogens is 701 g/mol. The predicted molar refractivity (Wildman–Crippen MR) is 234 cm³/mol. The van der Waals surface area contributed by atoms with Gasteiger partial charge in [0.15, 0.2) is 17.5 Å². The molecule has 0 bridgehead atoms. The Kier molecular flexibility index (Phi) is 7.64. The highest BCUT2D eigenvalue weighted by molar-refractivity contribution is 7.26. The van der Waals surface area contributed by atoms with E-state index in [-0.39, 0.29) is 0 Å². The molecule has 8 aromatic carbocycles. The maximum absolute atomic E-state index is 5.17. The first kappa shape index (κ1) is 32.2. The van der Waals surface area contributed by atoms with Gasteiger partial charge in [-0.05, 0) is 83.4 Å². The summed E-state index contributed by atoms with van der Waals surface area (Å²) in [5, 5.41) is 4.90. The van der Waals surface area contributed by atoms with Crippen molar-refractivity contribution in [2.45, 2.75) is 0 Å². The Morgan fingerprint density at radius 2 is 0.821 bits per heavy atom. The number of thiophene rings is 1. The Hall–Kier alpha value is -7.21. The Labute approximate surface area is 327 Å². The van der Waals surface area contributed by atoms with Crippen LogP contribution in [0.5, 0.6) is 0 Å². The number of para-hydroxylation sites is 2. The molecule has 3 heterocycles. The van der Waals surface area contributed by atoms with E-state index in [1.165, 1.54) is 64.2 Å². The highest BCUT2D eigenvalue weighted by atomic mass is 32.1. The summed E-state index contributed by atoms with van der Waals surface area (Å²) >= 11 is 1.84. The third-order valence-electron chi connectivity index (χ3n) is 10.7. The van der Waals surface area contributed by atoms with Crippen molar-refractivity contribution in [1.82, 2.24) is 19.5 Å². The molecule has 0 amide bonds. The van der Waals surface area contributed by atoms with Gasteiger partial charge in [0.2, 0.25) is 0 Å². The zero-order valence-electron chi connectivity index (χ0n) is 30.2. The van der Waals surface area contributed by atoms with Crippen LogP contribution in [0.3, 0.4) is 0 Å². The van der Waals surface area contributed by atoms with Crippen LogP contribution < -0.4 is 0 Å². The van der Waals surface area contributed by atoms with E-state index in [4.69, 9.17) is 15.0 Å². The van der Waals surface area contributed by atoms with Crippen molar-refractivity contribution in [3.05, 3.63) is 194 Å². The van der Waals surface area contributed by atoms with Crippen molar-refractivity contribution < 1.29 is 0 Å². The van der Waals surface area contributed by atoms with Crippen LogP contribution >= 0.6 is 11.3 Å². The van der Waals surface area contributed by atoms with Crippen molar-refractivity contribution >= 4 is 53.3 Å². The Bertz CT molecular complexity index is 3170. The fourth-order valence-corrected chi connectivity index (χ4v) is 9.16. The minimum Gasteiger partial charge on any atom is -0.309 e. The van der Waals surface area contributed by atoms with Crippen LogP contribution in [0.25, 0.3) is 104 Å². The first-order valence-corrected chi connectivity index (χ1v) is 19.6. The van der Waals surface area contributed by atoms with Gasteiger partial charge >= 0.3 is 0 Å². The fourth-order valence-electron chi connectivity index (χ4n) is 7.96. The van der Waals surface area contributed by atoms with E-state index < -0.39 is 0 Å². The lowest BCUT2D eigenvalue weighted by molar-refractivity contribution is 1.07. The monoisotopic (exact) mass is 732 g/mol. The van der Waals surface area contributed by atoms with Gasteiger partial charge in [0.25, 0.3) is 0 Å². The van der Waals surface area contributed by atoms with E-state index in [9.17, 15) is 0 Å². The fraction of sp³-hybridized carbons (Fsp3) is 0. The summed E-state index contributed by atoms with van der Waals surface area (Å²) in [5.74, 6) is 1.92. The van der Waals surface area contributed by atoms with Gasteiger partial charge in [0, 0.05) is 58.9 Å². The molecule has 5 heteroatoms. The molecule has 0 atom stereocenters. The van der Waals surface area contributed by atoms with Crippen LogP contribution in [0.4, 0.5) is 0 Å². The van der Waals surface area contributed by atoms with Crippen molar-refractivity contribution in [2.24, 2.45) is 0 Å². The van der Waals surface area contributed by atoms with Crippen LogP contribution in [0.2, 0.25) is 0 Å². The zero-order chi connectivity index (χ0) is 37.0. The lowest BCUT2D eigenvalue weighted by Gasteiger charge is -2.11. The van der Waals surface area contributed by atoms with Crippen molar-refractivity contribution in [3.8, 4) is 62.1 Å². The SMILES string of the molecule is c1ccc(-c2cc(-c3ccccc3)c3sc4ccc(-c5nc(-c6ccccc6)nc(-c6ccc(-n7c8ccccc8c8ccccc87)cc6)n5)cc4c3c2)cc1. The molecular formula is C51H32N4S. The molecule has 0 saturated carbocycles. The van der Waals surface area contributed by atoms with E-state index in [0.29, 0.717) is 17.5 Å². The van der Waals surface area contributed by atoms with Gasteiger partial charge < -0.3 is 4.57 Å². The average Bonchev–Trinajstić information content (AvgIpc) is 3.82. The summed E-state index contributed by atoms with van der Waals surface area (Å²) < 4.78 is 4.83. The minimum absolute atomic E-state index is 0.635. The van der Waals surface area contributed by atoms with E-state index in [1.54, 1.807) is 0 Å². The summed E-state index contributed by atoms with van der Waals surface area (Å²) in [4.78, 5) is 15.3.